The van der Waals surface area contributed by atoms with Crippen LogP contribution in [0.1, 0.15) is 68.9 Å². The summed E-state index contributed by atoms with van der Waals surface area (Å²) in [5.74, 6) is 1.93. The molecule has 4 nitrogen and oxygen atoms in total. The summed E-state index contributed by atoms with van der Waals surface area (Å²) in [4.78, 5) is 0. The summed E-state index contributed by atoms with van der Waals surface area (Å²) in [6.45, 7) is 2.25. The lowest BCUT2D eigenvalue weighted by atomic mass is 9.55. The van der Waals surface area contributed by atoms with Crippen LogP contribution in [0.4, 0.5) is 39.5 Å². The summed E-state index contributed by atoms with van der Waals surface area (Å²) in [5.41, 5.74) is -3.89. The predicted octanol–water partition coefficient (Wildman–Crippen LogP) is 8.94. The fourth-order valence-electron chi connectivity index (χ4n) is 7.62. The third kappa shape index (κ3) is 7.02. The fourth-order valence-corrected chi connectivity index (χ4v) is 7.85. The molecule has 0 N–H and O–H groups in total. The normalized spacial score (nSPS) is 27.5. The van der Waals surface area contributed by atoms with Gasteiger partial charge in [-0.05, 0) is 91.4 Å². The minimum absolute atomic E-state index is 0.243. The van der Waals surface area contributed by atoms with E-state index in [1.165, 1.54) is 11.1 Å². The summed E-state index contributed by atoms with van der Waals surface area (Å²) < 4.78 is 139. The summed E-state index contributed by atoms with van der Waals surface area (Å²) in [6.07, 6.45) is -15.1. The van der Waals surface area contributed by atoms with Crippen molar-refractivity contribution < 1.29 is 58.5 Å². The highest BCUT2D eigenvalue weighted by Crippen LogP contribution is 2.62. The highest BCUT2D eigenvalue weighted by molar-refractivity contribution is 9.09. The van der Waals surface area contributed by atoms with Crippen molar-refractivity contribution in [1.29, 1.82) is 0 Å². The highest BCUT2D eigenvalue weighted by Gasteiger charge is 2.85. The molecule has 0 aromatic heterocycles. The van der Waals surface area contributed by atoms with Crippen molar-refractivity contribution >= 4 is 15.9 Å². The van der Waals surface area contributed by atoms with Crippen LogP contribution < -0.4 is 4.74 Å². The smallest absolute Gasteiger partial charge is 0.435 e. The zero-order chi connectivity index (χ0) is 32.4. The van der Waals surface area contributed by atoms with E-state index < -0.39 is 37.2 Å². The van der Waals surface area contributed by atoms with Gasteiger partial charge in [0.1, 0.15) is 5.75 Å². The first-order chi connectivity index (χ1) is 20.6. The lowest BCUT2D eigenvalue weighted by Gasteiger charge is -2.50. The molecule has 2 fully saturated rings. The first-order valence-electron chi connectivity index (χ1n) is 14.9. The monoisotopic (exact) mass is 712 g/mol. The van der Waals surface area contributed by atoms with Crippen LogP contribution in [0, 0.1) is 17.3 Å². The SMILES string of the molecule is C[C@]12CC[C@@H]3c4ccc(OCCCOCCBr)cc4CC[C@H]3[C@@H]1CC[C@@H]2OCCCOC(C(F)(F)F)(C(F)(F)F)C(F)(F)F. The molecule has 0 unspecified atom stereocenters. The standard InChI is InChI=1S/C30H38BrF9O4/c1-26-11-10-22-21-7-5-20(42-14-2-13-41-17-12-31)18-19(21)4-6-23(22)24(26)8-9-25(26)43-15-3-16-44-27(28(32,33)34,29(35,36)37)30(38,39)40/h5,7,18,22-25H,2-4,6,8-17H2,1H3/t22-,23-,24+,25+,26+/m1/s1. The second kappa shape index (κ2) is 13.9. The van der Waals surface area contributed by atoms with Gasteiger partial charge in [-0.1, -0.05) is 28.9 Å². The van der Waals surface area contributed by atoms with Crippen LogP contribution in [0.25, 0.3) is 0 Å². The molecule has 3 aliphatic carbocycles. The lowest BCUT2D eigenvalue weighted by molar-refractivity contribution is -0.457. The average molecular weight is 714 g/mol. The number of fused-ring (bicyclic) bond motifs is 5. The Hall–Kier alpha value is -1.25. The number of halogens is 10. The Morgan fingerprint density at radius 3 is 2.16 bits per heavy atom. The van der Waals surface area contributed by atoms with Gasteiger partial charge in [-0.25, -0.2) is 0 Å². The van der Waals surface area contributed by atoms with Gasteiger partial charge >= 0.3 is 24.1 Å². The molecule has 0 bridgehead atoms. The molecular weight excluding hydrogens is 675 g/mol. The maximum absolute atomic E-state index is 13.1. The van der Waals surface area contributed by atoms with Crippen LogP contribution in [0.3, 0.4) is 0 Å². The number of ether oxygens (including phenoxy) is 4. The van der Waals surface area contributed by atoms with Gasteiger partial charge in [-0.2, -0.15) is 39.5 Å². The molecule has 4 rings (SSSR count). The van der Waals surface area contributed by atoms with Crippen molar-refractivity contribution in [1.82, 2.24) is 0 Å². The number of benzene rings is 1. The number of hydrogen-bond donors (Lipinski definition) is 0. The predicted molar refractivity (Wildman–Crippen MR) is 147 cm³/mol. The van der Waals surface area contributed by atoms with Crippen molar-refractivity contribution in [2.24, 2.45) is 17.3 Å². The minimum Gasteiger partial charge on any atom is -0.493 e. The highest BCUT2D eigenvalue weighted by atomic mass is 79.9. The molecule has 0 amide bonds. The van der Waals surface area contributed by atoms with Crippen LogP contribution in [0.15, 0.2) is 18.2 Å². The van der Waals surface area contributed by atoms with E-state index in [0.717, 1.165) is 49.6 Å². The average Bonchev–Trinajstić information content (AvgIpc) is 3.26. The van der Waals surface area contributed by atoms with Crippen molar-refractivity contribution in [3.63, 3.8) is 0 Å². The van der Waals surface area contributed by atoms with Crippen LogP contribution in [-0.4, -0.2) is 68.6 Å². The van der Waals surface area contributed by atoms with E-state index in [1.54, 1.807) is 0 Å². The zero-order valence-electron chi connectivity index (χ0n) is 24.4. The Labute approximate surface area is 259 Å². The Morgan fingerprint density at radius 2 is 1.50 bits per heavy atom. The van der Waals surface area contributed by atoms with Gasteiger partial charge in [0.25, 0.3) is 0 Å². The molecule has 0 aliphatic heterocycles. The first kappa shape index (κ1) is 35.6. The summed E-state index contributed by atoms with van der Waals surface area (Å²) in [5, 5.41) is 0.793. The molecule has 0 spiro atoms. The van der Waals surface area contributed by atoms with Crippen LogP contribution >= 0.6 is 15.9 Å². The van der Waals surface area contributed by atoms with Crippen molar-refractivity contribution in [2.75, 3.05) is 38.4 Å². The largest absolute Gasteiger partial charge is 0.493 e. The van der Waals surface area contributed by atoms with Gasteiger partial charge in [0.15, 0.2) is 0 Å². The number of hydrogen-bond acceptors (Lipinski definition) is 4. The number of alkyl halides is 10. The van der Waals surface area contributed by atoms with Gasteiger partial charge in [0.2, 0.25) is 0 Å². The summed E-state index contributed by atoms with van der Waals surface area (Å²) in [6, 6.07) is 6.27. The topological polar surface area (TPSA) is 36.9 Å². The molecular formula is C30H38BrF9O4. The third-order valence-corrected chi connectivity index (χ3v) is 9.98. The van der Waals surface area contributed by atoms with E-state index in [9.17, 15) is 39.5 Å². The molecule has 1 aromatic carbocycles. The number of aryl methyl sites for hydroxylation is 1. The molecule has 3 aliphatic rings. The molecule has 252 valence electrons. The Balaban J connectivity index is 1.31. The van der Waals surface area contributed by atoms with E-state index >= 15 is 0 Å². The zero-order valence-corrected chi connectivity index (χ0v) is 25.9. The van der Waals surface area contributed by atoms with Crippen molar-refractivity contribution in [2.45, 2.75) is 94.4 Å². The summed E-state index contributed by atoms with van der Waals surface area (Å²) >= 11 is 3.32. The van der Waals surface area contributed by atoms with Gasteiger partial charge < -0.3 is 18.9 Å². The van der Waals surface area contributed by atoms with Gasteiger partial charge in [-0.15, -0.1) is 0 Å². The minimum atomic E-state index is -6.73. The maximum atomic E-state index is 13.1. The van der Waals surface area contributed by atoms with E-state index in [4.69, 9.17) is 14.2 Å². The first-order valence-corrected chi connectivity index (χ1v) is 16.0. The Bertz CT molecular complexity index is 1060. The van der Waals surface area contributed by atoms with E-state index in [0.29, 0.717) is 44.0 Å². The molecule has 1 aromatic rings. The second-order valence-corrected chi connectivity index (χ2v) is 12.9. The van der Waals surface area contributed by atoms with Crippen molar-refractivity contribution in [3.8, 4) is 5.75 Å². The van der Waals surface area contributed by atoms with E-state index in [1.807, 2.05) is 6.07 Å². The third-order valence-electron chi connectivity index (χ3n) is 9.66. The molecule has 14 heteroatoms. The Morgan fingerprint density at radius 1 is 0.818 bits per heavy atom. The molecule has 0 heterocycles. The second-order valence-electron chi connectivity index (χ2n) is 12.1. The molecule has 2 saturated carbocycles. The van der Waals surface area contributed by atoms with Crippen LogP contribution in [-0.2, 0) is 20.6 Å². The molecule has 0 saturated heterocycles. The summed E-state index contributed by atoms with van der Waals surface area (Å²) in [7, 11) is 0. The molecule has 0 radical (unpaired) electrons. The van der Waals surface area contributed by atoms with Gasteiger partial charge in [-0.3, -0.25) is 0 Å². The lowest BCUT2D eigenvalue weighted by Crippen LogP contribution is -2.67. The quantitative estimate of drug-likeness (QED) is 0.116. The Kier molecular flexibility index (Phi) is 11.2. The van der Waals surface area contributed by atoms with Crippen molar-refractivity contribution in [3.05, 3.63) is 29.3 Å². The number of rotatable bonds is 13. The fraction of sp³-hybridized carbons (Fsp3) is 0.800. The maximum Gasteiger partial charge on any atom is 0.435 e. The van der Waals surface area contributed by atoms with E-state index in [-0.39, 0.29) is 18.1 Å². The van der Waals surface area contributed by atoms with Crippen LogP contribution in [0.2, 0.25) is 0 Å². The van der Waals surface area contributed by atoms with E-state index in [2.05, 4.69) is 39.7 Å². The van der Waals surface area contributed by atoms with Crippen LogP contribution in [0.5, 0.6) is 5.75 Å². The molecule has 44 heavy (non-hydrogen) atoms. The van der Waals surface area contributed by atoms with Gasteiger partial charge in [0, 0.05) is 25.0 Å². The van der Waals surface area contributed by atoms with Gasteiger partial charge in [0.05, 0.1) is 25.9 Å². The molecule has 5 atom stereocenters.